The smallest absolute Gasteiger partial charge is 0.305 e. The van der Waals surface area contributed by atoms with Gasteiger partial charge in [0.15, 0.2) is 0 Å². The molecule has 9 nitrogen and oxygen atoms in total. The van der Waals surface area contributed by atoms with Crippen LogP contribution in [0, 0.1) is 6.92 Å². The van der Waals surface area contributed by atoms with Crippen molar-refractivity contribution in [2.24, 2.45) is 15.0 Å². The number of allylic oxidation sites excluding steroid dienone is 8. The summed E-state index contributed by atoms with van der Waals surface area (Å²) in [5.41, 5.74) is 11.0. The third-order valence-electron chi connectivity index (χ3n) is 8.36. The minimum Gasteiger partial charge on any atom is -0.512 e. The van der Waals surface area contributed by atoms with Gasteiger partial charge in [-0.05, 0) is 128 Å². The zero-order valence-electron chi connectivity index (χ0n) is 25.9. The number of aromatic amines is 1. The van der Waals surface area contributed by atoms with Crippen LogP contribution in [0.2, 0.25) is 0 Å². The lowest BCUT2D eigenvalue weighted by Gasteiger charge is -2.08. The van der Waals surface area contributed by atoms with E-state index in [1.165, 1.54) is 14.2 Å². The minimum absolute atomic E-state index is 0.205. The van der Waals surface area contributed by atoms with E-state index in [1.54, 1.807) is 6.92 Å². The Balaban J connectivity index is 1.79. The van der Waals surface area contributed by atoms with Gasteiger partial charge in [0.05, 0.1) is 59.6 Å². The number of aliphatic hydroxyl groups is 1. The van der Waals surface area contributed by atoms with E-state index in [4.69, 9.17) is 24.5 Å². The molecule has 5 heterocycles. The molecule has 0 saturated carbocycles. The minimum atomic E-state index is -0.302. The maximum atomic E-state index is 12.1. The Morgan fingerprint density at radius 3 is 1.98 bits per heavy atom. The molecule has 4 aliphatic rings. The molecule has 4 aliphatic heterocycles. The lowest BCUT2D eigenvalue weighted by Crippen LogP contribution is -2.27. The number of aromatic nitrogens is 1. The van der Waals surface area contributed by atoms with Crippen LogP contribution in [0.5, 0.6) is 0 Å². The number of carbonyl (C=O) groups is 2. The zero-order valence-corrected chi connectivity index (χ0v) is 28.1. The highest BCUT2D eigenvalue weighted by atomic mass is 127. The number of methoxy groups -OCH3 is 2. The van der Waals surface area contributed by atoms with Crippen molar-refractivity contribution in [3.05, 3.63) is 82.5 Å². The van der Waals surface area contributed by atoms with Crippen molar-refractivity contribution in [3.63, 3.8) is 0 Å². The summed E-state index contributed by atoms with van der Waals surface area (Å²) in [6.45, 7) is 9.67. The molecule has 0 saturated heterocycles. The van der Waals surface area contributed by atoms with Gasteiger partial charge in [0.2, 0.25) is 0 Å². The Morgan fingerprint density at radius 2 is 1.34 bits per heavy atom. The van der Waals surface area contributed by atoms with Gasteiger partial charge in [-0.25, -0.2) is 15.0 Å². The number of nitrogens with zero attached hydrogens (tertiary/aromatic N) is 3. The van der Waals surface area contributed by atoms with Crippen molar-refractivity contribution < 1.29 is 24.2 Å². The molecule has 10 heteroatoms. The van der Waals surface area contributed by atoms with Crippen LogP contribution in [0.3, 0.4) is 0 Å². The molecule has 0 aliphatic carbocycles. The molecule has 0 unspecified atom stereocenters. The summed E-state index contributed by atoms with van der Waals surface area (Å²) < 4.78 is 10.9. The summed E-state index contributed by atoms with van der Waals surface area (Å²) in [5, 5.41) is 12.2. The lowest BCUT2D eigenvalue weighted by molar-refractivity contribution is -0.141. The molecular formula is C34H35IN4O5. The molecule has 0 atom stereocenters. The van der Waals surface area contributed by atoms with Gasteiger partial charge >= 0.3 is 11.9 Å². The number of hydrogen-bond donors (Lipinski definition) is 2. The third-order valence-corrected chi connectivity index (χ3v) is 9.72. The van der Waals surface area contributed by atoms with E-state index < -0.39 is 0 Å². The van der Waals surface area contributed by atoms with Crippen molar-refractivity contribution in [2.45, 2.75) is 60.3 Å². The van der Waals surface area contributed by atoms with Crippen molar-refractivity contribution >= 4 is 69.6 Å². The second-order valence-corrected chi connectivity index (χ2v) is 12.1. The Labute approximate surface area is 269 Å². The van der Waals surface area contributed by atoms with Crippen LogP contribution in [0.4, 0.5) is 0 Å². The maximum absolute atomic E-state index is 12.1. The van der Waals surface area contributed by atoms with Gasteiger partial charge in [-0.2, -0.15) is 0 Å². The first-order valence-corrected chi connectivity index (χ1v) is 15.4. The highest BCUT2D eigenvalue weighted by Crippen LogP contribution is 2.37. The normalized spacial score (nSPS) is 18.4. The number of hydrogen-bond acceptors (Lipinski definition) is 8. The van der Waals surface area contributed by atoms with Gasteiger partial charge in [0.1, 0.15) is 0 Å². The Hall–Kier alpha value is -4.06. The van der Waals surface area contributed by atoms with Crippen LogP contribution in [0.15, 0.2) is 75.7 Å². The summed E-state index contributed by atoms with van der Waals surface area (Å²) in [4.78, 5) is 42.8. The molecule has 0 fully saturated rings. The number of fused-ring (bicyclic) bond motifs is 5. The molecule has 1 aromatic rings. The van der Waals surface area contributed by atoms with Crippen LogP contribution in [-0.2, 0) is 19.1 Å². The summed E-state index contributed by atoms with van der Waals surface area (Å²) in [7, 11) is 2.77. The topological polar surface area (TPSA) is 126 Å². The first kappa shape index (κ1) is 31.4. The van der Waals surface area contributed by atoms with E-state index in [0.29, 0.717) is 24.3 Å². The van der Waals surface area contributed by atoms with E-state index in [9.17, 15) is 14.7 Å². The molecule has 5 rings (SSSR count). The van der Waals surface area contributed by atoms with Gasteiger partial charge < -0.3 is 19.6 Å². The molecule has 0 radical (unpaired) electrons. The first-order valence-electron chi connectivity index (χ1n) is 14.4. The van der Waals surface area contributed by atoms with E-state index in [-0.39, 0.29) is 30.5 Å². The highest BCUT2D eigenvalue weighted by Gasteiger charge is 2.27. The molecular weight excluding hydrogens is 671 g/mol. The van der Waals surface area contributed by atoms with Crippen molar-refractivity contribution in [2.75, 3.05) is 14.2 Å². The second-order valence-electron chi connectivity index (χ2n) is 11.1. The Kier molecular flexibility index (Phi) is 8.92. The lowest BCUT2D eigenvalue weighted by atomic mass is 9.96. The van der Waals surface area contributed by atoms with Crippen LogP contribution in [0.25, 0.3) is 17.9 Å². The van der Waals surface area contributed by atoms with E-state index in [1.807, 2.05) is 52.0 Å². The predicted molar refractivity (Wildman–Crippen MR) is 182 cm³/mol. The molecule has 228 valence electrons. The number of rotatable bonds is 6. The fourth-order valence-electron chi connectivity index (χ4n) is 5.76. The fraction of sp³-hybridized carbons (Fsp3) is 0.324. The molecule has 8 bridgehead atoms. The number of aliphatic hydroxyl groups excluding tert-OH is 1. The van der Waals surface area contributed by atoms with Crippen molar-refractivity contribution in [1.29, 1.82) is 0 Å². The SMILES string of the molecule is COC(=O)CCC1=C(C)C2=NC1=CC1=NC(=Cc3[nH]c(/c(=C(/C)O)c3C)=CC3=NC(=C2)C(I)=C3C)C(C)=C1CCC(=O)OC. The molecule has 44 heavy (non-hydrogen) atoms. The van der Waals surface area contributed by atoms with Crippen molar-refractivity contribution in [1.82, 2.24) is 4.98 Å². The second kappa shape index (κ2) is 12.5. The van der Waals surface area contributed by atoms with Crippen LogP contribution in [0.1, 0.15) is 64.6 Å². The quantitative estimate of drug-likeness (QED) is 0.298. The average Bonchev–Trinajstić information content (AvgIpc) is 3.64. The van der Waals surface area contributed by atoms with Gasteiger partial charge in [-0.3, -0.25) is 9.59 Å². The van der Waals surface area contributed by atoms with Crippen LogP contribution < -0.4 is 10.6 Å². The number of H-pyrrole nitrogens is 1. The van der Waals surface area contributed by atoms with Gasteiger partial charge in [0, 0.05) is 27.3 Å². The first-order chi connectivity index (χ1) is 20.9. The zero-order chi connectivity index (χ0) is 31.9. The van der Waals surface area contributed by atoms with E-state index >= 15 is 0 Å². The average molecular weight is 707 g/mol. The summed E-state index contributed by atoms with van der Waals surface area (Å²) in [6.07, 6.45) is 9.17. The summed E-state index contributed by atoms with van der Waals surface area (Å²) in [5.74, 6) is -0.392. The molecule has 0 amide bonds. The summed E-state index contributed by atoms with van der Waals surface area (Å²) >= 11 is 2.31. The van der Waals surface area contributed by atoms with Crippen LogP contribution in [-0.4, -0.2) is 53.4 Å². The fourth-order valence-corrected chi connectivity index (χ4v) is 6.31. The maximum Gasteiger partial charge on any atom is 0.305 e. The van der Waals surface area contributed by atoms with E-state index in [0.717, 1.165) is 76.1 Å². The molecule has 0 spiro atoms. The van der Waals surface area contributed by atoms with E-state index in [2.05, 4.69) is 27.6 Å². The third kappa shape index (κ3) is 5.87. The highest BCUT2D eigenvalue weighted by molar-refractivity contribution is 14.1. The predicted octanol–water partition coefficient (Wildman–Crippen LogP) is 5.52. The molecule has 1 aromatic heterocycles. The largest absolute Gasteiger partial charge is 0.512 e. The molecule has 2 N–H and O–H groups in total. The Bertz CT molecular complexity index is 1920. The summed E-state index contributed by atoms with van der Waals surface area (Å²) in [6, 6.07) is 0. The standard InChI is InChI=1S/C34H35IN4O5/c1-16-21(8-10-31(41)43-6)27-15-28-22(9-11-32(42)44-7)17(2)24(37-28)14-30-34(35)19(4)26(39-30)13-29-33(20(5)40)18(3)25(38-29)12-23(16)36-27/h12-15,38,40H,8-11H2,1-7H3/b23-12?,28-15?,29-13?,30-14?,33-20-. The van der Waals surface area contributed by atoms with Crippen LogP contribution >= 0.6 is 22.6 Å². The number of carbonyl (C=O) groups excluding carboxylic acids is 2. The van der Waals surface area contributed by atoms with Crippen molar-refractivity contribution in [3.8, 4) is 0 Å². The number of nitrogens with one attached hydrogen (secondary N) is 1. The monoisotopic (exact) mass is 706 g/mol. The Morgan fingerprint density at radius 1 is 0.773 bits per heavy atom. The van der Waals surface area contributed by atoms with Gasteiger partial charge in [-0.15, -0.1) is 0 Å². The number of esters is 2. The number of aliphatic imine (C=N–C) groups is 3. The number of halogens is 1. The van der Waals surface area contributed by atoms with Gasteiger partial charge in [-0.1, -0.05) is 0 Å². The molecule has 0 aromatic carbocycles. The van der Waals surface area contributed by atoms with Gasteiger partial charge in [0.25, 0.3) is 0 Å². The number of ether oxygens (including phenoxy) is 2.